The number of aromatic carboxylic acids is 1. The molecule has 1 fully saturated rings. The minimum atomic E-state index is -1.32. The number of rotatable bonds is 5. The summed E-state index contributed by atoms with van der Waals surface area (Å²) in [4.78, 5) is 26.1. The van der Waals surface area contributed by atoms with Crippen LogP contribution in [0.2, 0.25) is 0 Å². The minimum absolute atomic E-state index is 0.171. The Hall–Kier alpha value is -1.95. The molecule has 1 N–H and O–H groups in total. The summed E-state index contributed by atoms with van der Waals surface area (Å²) in [6, 6.07) is 4.59. The van der Waals surface area contributed by atoms with E-state index in [1.165, 1.54) is 17.0 Å². The van der Waals surface area contributed by atoms with Crippen molar-refractivity contribution in [1.29, 1.82) is 0 Å². The molecule has 1 amide bonds. The number of nitrogens with zero attached hydrogens (tertiary/aromatic N) is 2. The number of carboxylic acids is 1. The first-order valence-corrected chi connectivity index (χ1v) is 7.68. The van der Waals surface area contributed by atoms with E-state index >= 15 is 0 Å². The van der Waals surface area contributed by atoms with Gasteiger partial charge in [0.25, 0.3) is 0 Å². The Morgan fingerprint density at radius 1 is 1.57 bits per heavy atom. The van der Waals surface area contributed by atoms with Crippen molar-refractivity contribution in [2.45, 2.75) is 25.9 Å². The zero-order valence-corrected chi connectivity index (χ0v) is 13.8. The van der Waals surface area contributed by atoms with Crippen molar-refractivity contribution in [3.8, 4) is 0 Å². The lowest BCUT2D eigenvalue weighted by Crippen LogP contribution is -2.50. The summed E-state index contributed by atoms with van der Waals surface area (Å²) in [5.74, 6) is -1.30. The van der Waals surface area contributed by atoms with Crippen LogP contribution >= 0.6 is 0 Å². The molecule has 2 atom stereocenters. The van der Waals surface area contributed by atoms with Gasteiger partial charge < -0.3 is 14.9 Å². The standard InChI is InChI=1S/C17H23FN2O3/c1-12-8-13(16(22)23)4-5-15(12)20(11-21)10-14-9-19(3)7-6-17(14,2)18/h4-5,8,11,14H,6-7,9-10H2,1-3H3,(H,22,23)/t14-,17+/m1/s1. The van der Waals surface area contributed by atoms with Crippen molar-refractivity contribution >= 4 is 18.1 Å². The SMILES string of the molecule is Cc1cc(C(=O)O)ccc1N(C=O)C[C@H]1CN(C)CC[C@]1(C)F. The highest BCUT2D eigenvalue weighted by Gasteiger charge is 2.39. The van der Waals surface area contributed by atoms with Crippen LogP contribution in [-0.4, -0.2) is 54.7 Å². The van der Waals surface area contributed by atoms with Gasteiger partial charge in [0, 0.05) is 31.2 Å². The molecular weight excluding hydrogens is 299 g/mol. The monoisotopic (exact) mass is 322 g/mol. The summed E-state index contributed by atoms with van der Waals surface area (Å²) in [7, 11) is 1.94. The maximum Gasteiger partial charge on any atom is 0.335 e. The van der Waals surface area contributed by atoms with E-state index in [0.29, 0.717) is 37.2 Å². The Morgan fingerprint density at radius 2 is 2.26 bits per heavy atom. The predicted octanol–water partition coefficient (Wildman–Crippen LogP) is 2.34. The molecule has 0 radical (unpaired) electrons. The maximum atomic E-state index is 14.7. The molecule has 1 aliphatic heterocycles. The highest BCUT2D eigenvalue weighted by molar-refractivity contribution is 5.89. The number of carboxylic acid groups (broad SMARTS) is 1. The number of carbonyl (C=O) groups excluding carboxylic acids is 1. The molecule has 1 aliphatic rings. The van der Waals surface area contributed by atoms with Gasteiger partial charge >= 0.3 is 5.97 Å². The number of hydrogen-bond acceptors (Lipinski definition) is 3. The van der Waals surface area contributed by atoms with E-state index < -0.39 is 11.6 Å². The number of likely N-dealkylation sites (tertiary alicyclic amines) is 1. The van der Waals surface area contributed by atoms with Crippen molar-refractivity contribution in [3.63, 3.8) is 0 Å². The highest BCUT2D eigenvalue weighted by atomic mass is 19.1. The fourth-order valence-corrected chi connectivity index (χ4v) is 3.07. The molecular formula is C17H23FN2O3. The summed E-state index contributed by atoms with van der Waals surface area (Å²) in [6.07, 6.45) is 1.13. The van der Waals surface area contributed by atoms with Crippen LogP contribution in [0.25, 0.3) is 0 Å². The van der Waals surface area contributed by atoms with Crippen LogP contribution in [0, 0.1) is 12.8 Å². The van der Waals surface area contributed by atoms with Crippen molar-refractivity contribution in [2.24, 2.45) is 5.92 Å². The minimum Gasteiger partial charge on any atom is -0.478 e. The lowest BCUT2D eigenvalue weighted by atomic mass is 9.83. The van der Waals surface area contributed by atoms with Crippen LogP contribution in [0.1, 0.15) is 29.3 Å². The van der Waals surface area contributed by atoms with E-state index in [1.807, 2.05) is 7.05 Å². The Bertz CT molecular complexity index is 604. The number of alkyl halides is 1. The van der Waals surface area contributed by atoms with Gasteiger partial charge in [-0.1, -0.05) is 0 Å². The number of benzene rings is 1. The molecule has 0 unspecified atom stereocenters. The second kappa shape index (κ2) is 6.66. The third-order valence-corrected chi connectivity index (χ3v) is 4.66. The van der Waals surface area contributed by atoms with E-state index in [9.17, 15) is 14.0 Å². The van der Waals surface area contributed by atoms with Crippen LogP contribution < -0.4 is 4.90 Å². The first-order valence-electron chi connectivity index (χ1n) is 7.68. The first kappa shape index (κ1) is 17.4. The topological polar surface area (TPSA) is 60.9 Å². The van der Waals surface area contributed by atoms with Crippen LogP contribution in [0.15, 0.2) is 18.2 Å². The largest absolute Gasteiger partial charge is 0.478 e. The van der Waals surface area contributed by atoms with Crippen LogP contribution in [0.4, 0.5) is 10.1 Å². The fourth-order valence-electron chi connectivity index (χ4n) is 3.07. The predicted molar refractivity (Wildman–Crippen MR) is 86.7 cm³/mol. The van der Waals surface area contributed by atoms with Crippen molar-refractivity contribution in [2.75, 3.05) is 31.6 Å². The van der Waals surface area contributed by atoms with Gasteiger partial charge in [0.2, 0.25) is 6.41 Å². The molecule has 23 heavy (non-hydrogen) atoms. The molecule has 0 spiro atoms. The number of anilines is 1. The van der Waals surface area contributed by atoms with Crippen LogP contribution in [0.5, 0.6) is 0 Å². The summed E-state index contributed by atoms with van der Waals surface area (Å²) in [5.41, 5.74) is 0.156. The second-order valence-corrected chi connectivity index (χ2v) is 6.55. The zero-order chi connectivity index (χ0) is 17.2. The third-order valence-electron chi connectivity index (χ3n) is 4.66. The van der Waals surface area contributed by atoms with Gasteiger partial charge in [-0.3, -0.25) is 4.79 Å². The average molecular weight is 322 g/mol. The summed E-state index contributed by atoms with van der Waals surface area (Å²) in [6.45, 7) is 4.91. The highest BCUT2D eigenvalue weighted by Crippen LogP contribution is 2.33. The van der Waals surface area contributed by atoms with Gasteiger partial charge in [-0.25, -0.2) is 9.18 Å². The third kappa shape index (κ3) is 3.88. The normalized spacial score (nSPS) is 25.1. The number of piperidine rings is 1. The molecule has 0 aliphatic carbocycles. The smallest absolute Gasteiger partial charge is 0.335 e. The Morgan fingerprint density at radius 3 is 2.83 bits per heavy atom. The molecule has 1 heterocycles. The number of halogens is 1. The molecule has 1 saturated heterocycles. The van der Waals surface area contributed by atoms with Gasteiger partial charge in [0.1, 0.15) is 5.67 Å². The van der Waals surface area contributed by atoms with Gasteiger partial charge in [-0.15, -0.1) is 0 Å². The number of amides is 1. The molecule has 1 aromatic carbocycles. The van der Waals surface area contributed by atoms with Gasteiger partial charge in [0.05, 0.1) is 5.56 Å². The number of hydrogen-bond donors (Lipinski definition) is 1. The van der Waals surface area contributed by atoms with Crippen molar-refractivity contribution < 1.29 is 19.1 Å². The lowest BCUT2D eigenvalue weighted by Gasteiger charge is -2.41. The van der Waals surface area contributed by atoms with E-state index in [-0.39, 0.29) is 18.0 Å². The Balaban J connectivity index is 2.23. The Labute approximate surface area is 135 Å². The van der Waals surface area contributed by atoms with Crippen molar-refractivity contribution in [3.05, 3.63) is 29.3 Å². The Kier molecular flexibility index (Phi) is 5.04. The lowest BCUT2D eigenvalue weighted by molar-refractivity contribution is -0.107. The van der Waals surface area contributed by atoms with E-state index in [1.54, 1.807) is 19.9 Å². The van der Waals surface area contributed by atoms with Crippen LogP contribution in [-0.2, 0) is 4.79 Å². The van der Waals surface area contributed by atoms with E-state index in [2.05, 4.69) is 4.90 Å². The second-order valence-electron chi connectivity index (χ2n) is 6.55. The zero-order valence-electron chi connectivity index (χ0n) is 13.8. The molecule has 1 aromatic rings. The van der Waals surface area contributed by atoms with Gasteiger partial charge in [-0.2, -0.15) is 0 Å². The summed E-state index contributed by atoms with van der Waals surface area (Å²) >= 11 is 0. The number of aryl methyl sites for hydroxylation is 1. The van der Waals surface area contributed by atoms with Crippen LogP contribution in [0.3, 0.4) is 0 Å². The number of carbonyl (C=O) groups is 2. The maximum absolute atomic E-state index is 14.7. The molecule has 5 nitrogen and oxygen atoms in total. The van der Waals surface area contributed by atoms with E-state index in [4.69, 9.17) is 5.11 Å². The van der Waals surface area contributed by atoms with Crippen molar-refractivity contribution in [1.82, 2.24) is 4.90 Å². The van der Waals surface area contributed by atoms with Gasteiger partial charge in [-0.05, 0) is 51.1 Å². The van der Waals surface area contributed by atoms with Gasteiger partial charge in [0.15, 0.2) is 0 Å². The van der Waals surface area contributed by atoms with E-state index in [0.717, 1.165) is 0 Å². The first-order chi connectivity index (χ1) is 10.7. The average Bonchev–Trinajstić information content (AvgIpc) is 2.48. The molecule has 0 bridgehead atoms. The molecule has 0 aromatic heterocycles. The molecule has 126 valence electrons. The summed E-state index contributed by atoms with van der Waals surface area (Å²) < 4.78 is 14.7. The fraction of sp³-hybridized carbons (Fsp3) is 0.529. The summed E-state index contributed by atoms with van der Waals surface area (Å²) in [5, 5.41) is 9.02. The quantitative estimate of drug-likeness (QED) is 0.845. The molecule has 0 saturated carbocycles. The molecule has 6 heteroatoms. The molecule has 2 rings (SSSR count).